The first kappa shape index (κ1) is 33.0. The molecule has 1 saturated heterocycles. The number of nitrogens with zero attached hydrogens (tertiary/aromatic N) is 6. The summed E-state index contributed by atoms with van der Waals surface area (Å²) in [5.74, 6) is -2.07. The Morgan fingerprint density at radius 1 is 0.800 bits per heavy atom. The summed E-state index contributed by atoms with van der Waals surface area (Å²) in [6.07, 6.45) is 1.40. The maximum absolute atomic E-state index is 13.8. The molecule has 2 aromatic heterocycles. The molecule has 9 nitrogen and oxygen atoms in total. The number of imidazole rings is 1. The van der Waals surface area contributed by atoms with Crippen LogP contribution in [0.5, 0.6) is 0 Å². The largest absolute Gasteiger partial charge is 0.371 e. The van der Waals surface area contributed by atoms with Gasteiger partial charge in [-0.1, -0.05) is 66.7 Å². The van der Waals surface area contributed by atoms with Crippen molar-refractivity contribution >= 4 is 57.5 Å². The number of alkyl halides is 3. The number of piperidine rings is 1. The summed E-state index contributed by atoms with van der Waals surface area (Å²) in [6, 6.07) is 35.4. The third-order valence-electron chi connectivity index (χ3n) is 8.62. The SMILES string of the molecule is O=C(CCl)Nc1cccc(-n2cnc3c(N(Cc4ccccc4)Cc4ccccc4)nc(Nc4ccc(N5CCC(F)(F)CC5)cc4)nc32)c1. The molecule has 0 unspecified atom stereocenters. The number of rotatable bonds is 11. The van der Waals surface area contributed by atoms with Gasteiger partial charge in [0.05, 0.1) is 5.69 Å². The Labute approximate surface area is 293 Å². The highest BCUT2D eigenvalue weighted by Gasteiger charge is 2.34. The van der Waals surface area contributed by atoms with E-state index in [0.717, 1.165) is 28.2 Å². The fraction of sp³-hybridized carbons (Fsp3) is 0.211. The highest BCUT2D eigenvalue weighted by molar-refractivity contribution is 6.29. The van der Waals surface area contributed by atoms with Gasteiger partial charge in [-0.3, -0.25) is 9.36 Å². The van der Waals surface area contributed by atoms with Crippen LogP contribution in [0.3, 0.4) is 0 Å². The van der Waals surface area contributed by atoms with Crippen molar-refractivity contribution in [2.45, 2.75) is 31.9 Å². The van der Waals surface area contributed by atoms with Crippen molar-refractivity contribution in [2.24, 2.45) is 0 Å². The molecule has 254 valence electrons. The van der Waals surface area contributed by atoms with Gasteiger partial charge in [0, 0.05) is 56.1 Å². The van der Waals surface area contributed by atoms with E-state index < -0.39 is 5.92 Å². The van der Waals surface area contributed by atoms with Crippen LogP contribution in [0.1, 0.15) is 24.0 Å². The molecule has 0 saturated carbocycles. The summed E-state index contributed by atoms with van der Waals surface area (Å²) >= 11 is 5.74. The predicted octanol–water partition coefficient (Wildman–Crippen LogP) is 8.18. The van der Waals surface area contributed by atoms with Gasteiger partial charge in [-0.2, -0.15) is 9.97 Å². The molecule has 1 aliphatic rings. The van der Waals surface area contributed by atoms with Crippen molar-refractivity contribution in [3.8, 4) is 5.69 Å². The molecule has 0 spiro atoms. The summed E-state index contributed by atoms with van der Waals surface area (Å²) in [4.78, 5) is 31.0. The fourth-order valence-corrected chi connectivity index (χ4v) is 6.14. The van der Waals surface area contributed by atoms with Crippen molar-refractivity contribution in [1.82, 2.24) is 19.5 Å². The molecule has 0 atom stereocenters. The predicted molar refractivity (Wildman–Crippen MR) is 195 cm³/mol. The second-order valence-electron chi connectivity index (χ2n) is 12.2. The van der Waals surface area contributed by atoms with Crippen LogP contribution in [0, 0.1) is 0 Å². The van der Waals surface area contributed by atoms with Crippen LogP contribution >= 0.6 is 11.6 Å². The Morgan fingerprint density at radius 2 is 1.46 bits per heavy atom. The molecule has 1 fully saturated rings. The molecule has 50 heavy (non-hydrogen) atoms. The average Bonchev–Trinajstić information content (AvgIpc) is 3.56. The molecule has 3 heterocycles. The Hall–Kier alpha value is -5.55. The number of aromatic nitrogens is 4. The normalized spacial score (nSPS) is 14.0. The first-order valence-electron chi connectivity index (χ1n) is 16.4. The van der Waals surface area contributed by atoms with Crippen LogP contribution in [-0.2, 0) is 17.9 Å². The Balaban J connectivity index is 1.28. The standard InChI is InChI=1S/C38H35ClF2N8O/c39-23-33(50)43-30-12-7-13-32(22-30)49-26-42-34-35(48(24-27-8-3-1-4-9-27)25-28-10-5-2-6-11-28)45-37(46-36(34)49)44-29-14-16-31(17-15-29)47-20-18-38(40,41)19-21-47/h1-17,22,26H,18-21,23-25H2,(H,43,50)(H,44,45,46). The zero-order valence-corrected chi connectivity index (χ0v) is 27.9. The van der Waals surface area contributed by atoms with E-state index in [9.17, 15) is 13.6 Å². The number of carbonyl (C=O) groups excluding carboxylic acids is 1. The fourth-order valence-electron chi connectivity index (χ4n) is 6.07. The summed E-state index contributed by atoms with van der Waals surface area (Å²) in [5.41, 5.74) is 6.36. The van der Waals surface area contributed by atoms with Crippen molar-refractivity contribution in [3.63, 3.8) is 0 Å². The highest BCUT2D eigenvalue weighted by atomic mass is 35.5. The molecular formula is C38H35ClF2N8O. The zero-order valence-electron chi connectivity index (χ0n) is 27.1. The number of hydrogen-bond donors (Lipinski definition) is 2. The van der Waals surface area contributed by atoms with E-state index in [1.54, 1.807) is 12.4 Å². The monoisotopic (exact) mass is 692 g/mol. The number of anilines is 5. The number of amides is 1. The van der Waals surface area contributed by atoms with E-state index in [0.29, 0.717) is 54.8 Å². The Kier molecular flexibility index (Phi) is 9.57. The molecule has 0 bridgehead atoms. The number of fused-ring (bicyclic) bond motifs is 1. The lowest BCUT2D eigenvalue weighted by Gasteiger charge is -2.33. The van der Waals surface area contributed by atoms with Gasteiger partial charge in [0.15, 0.2) is 17.0 Å². The smallest absolute Gasteiger partial charge is 0.251 e. The van der Waals surface area contributed by atoms with Crippen LogP contribution in [0.15, 0.2) is 116 Å². The quantitative estimate of drug-likeness (QED) is 0.132. The molecule has 12 heteroatoms. The van der Waals surface area contributed by atoms with E-state index in [1.165, 1.54) is 0 Å². The second kappa shape index (κ2) is 14.5. The highest BCUT2D eigenvalue weighted by Crippen LogP contribution is 2.33. The first-order chi connectivity index (χ1) is 24.3. The molecule has 0 radical (unpaired) electrons. The zero-order chi connectivity index (χ0) is 34.5. The van der Waals surface area contributed by atoms with Crippen molar-refractivity contribution < 1.29 is 13.6 Å². The molecule has 1 aliphatic heterocycles. The van der Waals surface area contributed by atoms with Crippen molar-refractivity contribution in [1.29, 1.82) is 0 Å². The molecule has 0 aliphatic carbocycles. The number of nitrogens with one attached hydrogen (secondary N) is 2. The topological polar surface area (TPSA) is 91.2 Å². The van der Waals surface area contributed by atoms with Crippen LogP contribution < -0.4 is 20.4 Å². The molecule has 6 aromatic rings. The molecule has 4 aromatic carbocycles. The number of halogens is 3. The summed E-state index contributed by atoms with van der Waals surface area (Å²) < 4.78 is 29.4. The lowest BCUT2D eigenvalue weighted by atomic mass is 10.1. The van der Waals surface area contributed by atoms with Gasteiger partial charge in [-0.25, -0.2) is 13.8 Å². The van der Waals surface area contributed by atoms with Gasteiger partial charge in [-0.15, -0.1) is 11.6 Å². The molecule has 7 rings (SSSR count). The maximum Gasteiger partial charge on any atom is 0.251 e. The van der Waals surface area contributed by atoms with Gasteiger partial charge in [0.25, 0.3) is 5.92 Å². The minimum absolute atomic E-state index is 0.151. The maximum atomic E-state index is 13.8. The third-order valence-corrected chi connectivity index (χ3v) is 8.87. The van der Waals surface area contributed by atoms with Crippen molar-refractivity contribution in [2.75, 3.05) is 39.4 Å². The van der Waals surface area contributed by atoms with Crippen LogP contribution in [0.2, 0.25) is 0 Å². The van der Waals surface area contributed by atoms with E-state index in [4.69, 9.17) is 26.6 Å². The minimum atomic E-state index is -2.60. The van der Waals surface area contributed by atoms with Crippen LogP contribution in [0.4, 0.5) is 37.6 Å². The first-order valence-corrected chi connectivity index (χ1v) is 16.9. The second-order valence-corrected chi connectivity index (χ2v) is 12.5. The van der Waals surface area contributed by atoms with E-state index in [-0.39, 0.29) is 24.6 Å². The number of hydrogen-bond acceptors (Lipinski definition) is 7. The number of carbonyl (C=O) groups is 1. The van der Waals surface area contributed by atoms with E-state index >= 15 is 0 Å². The number of benzene rings is 4. The molecule has 1 amide bonds. The van der Waals surface area contributed by atoms with Crippen molar-refractivity contribution in [3.05, 3.63) is 127 Å². The van der Waals surface area contributed by atoms with Crippen LogP contribution in [-0.4, -0.2) is 50.3 Å². The summed E-state index contributed by atoms with van der Waals surface area (Å²) in [6.45, 7) is 1.75. The van der Waals surface area contributed by atoms with Crippen LogP contribution in [0.25, 0.3) is 16.9 Å². The lowest BCUT2D eigenvalue weighted by Crippen LogP contribution is -2.39. The summed E-state index contributed by atoms with van der Waals surface area (Å²) in [5, 5.41) is 6.18. The molecule has 2 N–H and O–H groups in total. The van der Waals surface area contributed by atoms with Gasteiger partial charge < -0.3 is 20.4 Å². The minimum Gasteiger partial charge on any atom is -0.371 e. The van der Waals surface area contributed by atoms with Gasteiger partial charge in [0.1, 0.15) is 12.2 Å². The van der Waals surface area contributed by atoms with Gasteiger partial charge in [-0.05, 0) is 53.6 Å². The summed E-state index contributed by atoms with van der Waals surface area (Å²) in [7, 11) is 0. The Morgan fingerprint density at radius 3 is 2.10 bits per heavy atom. The van der Waals surface area contributed by atoms with Gasteiger partial charge in [0.2, 0.25) is 11.9 Å². The lowest BCUT2D eigenvalue weighted by molar-refractivity contribution is -0.113. The third kappa shape index (κ3) is 7.68. The van der Waals surface area contributed by atoms with Gasteiger partial charge >= 0.3 is 0 Å². The van der Waals surface area contributed by atoms with E-state index in [1.807, 2.05) is 88.3 Å². The molecular weight excluding hydrogens is 658 g/mol. The Bertz CT molecular complexity index is 2030. The average molecular weight is 693 g/mol. The van der Waals surface area contributed by atoms with E-state index in [2.05, 4.69) is 39.8 Å².